The van der Waals surface area contributed by atoms with Crippen molar-refractivity contribution in [1.82, 2.24) is 10.6 Å². The molecule has 0 saturated carbocycles. The molecule has 0 aromatic heterocycles. The molecule has 3 amide bonds. The minimum atomic E-state index is -1.24. The molecule has 0 fully saturated rings. The largest absolute Gasteiger partial charge is 0.480 e. The van der Waals surface area contributed by atoms with Crippen LogP contribution >= 0.6 is 0 Å². The molecule has 102 valence electrons. The molecule has 0 saturated heterocycles. The average Bonchev–Trinajstić information content (AvgIpc) is 2.26. The van der Waals surface area contributed by atoms with Gasteiger partial charge in [-0.1, -0.05) is 0 Å². The topological polar surface area (TPSA) is 165 Å². The summed E-state index contributed by atoms with van der Waals surface area (Å²) in [6.45, 7) is 0.878. The van der Waals surface area contributed by atoms with Crippen molar-refractivity contribution in [2.75, 3.05) is 6.54 Å². The van der Waals surface area contributed by atoms with Crippen LogP contribution in [0.4, 0.5) is 0 Å². The number of aliphatic carboxylic acids is 1. The van der Waals surface area contributed by atoms with Gasteiger partial charge in [0.2, 0.25) is 17.7 Å². The van der Waals surface area contributed by atoms with E-state index in [-0.39, 0.29) is 6.54 Å². The van der Waals surface area contributed by atoms with Gasteiger partial charge in [-0.05, 0) is 6.92 Å². The van der Waals surface area contributed by atoms with Crippen molar-refractivity contribution in [2.45, 2.75) is 25.4 Å². The number of carbonyl (C=O) groups excluding carboxylic acids is 3. The van der Waals surface area contributed by atoms with Crippen LogP contribution in [0.15, 0.2) is 0 Å². The van der Waals surface area contributed by atoms with Crippen LogP contribution in [0.2, 0.25) is 0 Å². The molecular weight excluding hydrogens is 244 g/mol. The van der Waals surface area contributed by atoms with Crippen LogP contribution in [0.1, 0.15) is 13.3 Å². The molecule has 18 heavy (non-hydrogen) atoms. The first-order chi connectivity index (χ1) is 8.27. The molecule has 0 aliphatic rings. The van der Waals surface area contributed by atoms with Crippen LogP contribution in [0, 0.1) is 0 Å². The summed E-state index contributed by atoms with van der Waals surface area (Å²) < 4.78 is 0. The van der Waals surface area contributed by atoms with E-state index in [0.717, 1.165) is 0 Å². The van der Waals surface area contributed by atoms with Gasteiger partial charge in [0.05, 0.1) is 13.0 Å². The summed E-state index contributed by atoms with van der Waals surface area (Å²) in [4.78, 5) is 43.9. The van der Waals surface area contributed by atoms with Crippen LogP contribution in [0.25, 0.3) is 0 Å². The lowest BCUT2D eigenvalue weighted by atomic mass is 10.1. The number of rotatable bonds is 7. The average molecular weight is 260 g/mol. The van der Waals surface area contributed by atoms with Crippen molar-refractivity contribution >= 4 is 23.7 Å². The van der Waals surface area contributed by atoms with E-state index in [1.165, 1.54) is 6.92 Å². The Morgan fingerprint density at radius 2 is 1.78 bits per heavy atom. The zero-order valence-corrected chi connectivity index (χ0v) is 9.80. The van der Waals surface area contributed by atoms with E-state index in [4.69, 9.17) is 16.6 Å². The number of nitrogens with two attached hydrogens (primary N) is 2. The zero-order valence-electron chi connectivity index (χ0n) is 9.80. The van der Waals surface area contributed by atoms with Crippen LogP contribution in [-0.4, -0.2) is 47.4 Å². The summed E-state index contributed by atoms with van der Waals surface area (Å²) >= 11 is 0. The third kappa shape index (κ3) is 5.80. The lowest BCUT2D eigenvalue weighted by molar-refractivity contribution is -0.141. The van der Waals surface area contributed by atoms with Gasteiger partial charge in [0.15, 0.2) is 0 Å². The molecule has 2 unspecified atom stereocenters. The quantitative estimate of drug-likeness (QED) is 0.325. The van der Waals surface area contributed by atoms with Crippen LogP contribution in [-0.2, 0) is 19.2 Å². The Kier molecular flexibility index (Phi) is 6.35. The third-order valence-corrected chi connectivity index (χ3v) is 1.97. The van der Waals surface area contributed by atoms with Crippen molar-refractivity contribution in [2.24, 2.45) is 11.5 Å². The first-order valence-corrected chi connectivity index (χ1v) is 5.08. The number of carboxylic acid groups (broad SMARTS) is 1. The predicted molar refractivity (Wildman–Crippen MR) is 60.0 cm³/mol. The standard InChI is InChI=1S/C9H16N4O5/c1-4(9(17)18)12-8(16)5(2-6(11)14)13-7(15)3-10/h4-5H,2-3,10H2,1H3,(H2,11,14)(H,12,16)(H,13,15)(H,17,18). The maximum Gasteiger partial charge on any atom is 0.325 e. The molecule has 9 heteroatoms. The van der Waals surface area contributed by atoms with Crippen molar-refractivity contribution in [3.63, 3.8) is 0 Å². The van der Waals surface area contributed by atoms with E-state index in [2.05, 4.69) is 10.6 Å². The first-order valence-electron chi connectivity index (χ1n) is 5.08. The van der Waals surface area contributed by atoms with Gasteiger partial charge in [-0.15, -0.1) is 0 Å². The normalized spacial score (nSPS) is 13.2. The van der Waals surface area contributed by atoms with Gasteiger partial charge in [-0.25, -0.2) is 0 Å². The summed E-state index contributed by atoms with van der Waals surface area (Å²) in [5.74, 6) is -3.52. The van der Waals surface area contributed by atoms with E-state index >= 15 is 0 Å². The molecule has 9 nitrogen and oxygen atoms in total. The highest BCUT2D eigenvalue weighted by Crippen LogP contribution is 1.94. The van der Waals surface area contributed by atoms with E-state index < -0.39 is 42.2 Å². The molecule has 0 bridgehead atoms. The van der Waals surface area contributed by atoms with Crippen molar-refractivity contribution in [1.29, 1.82) is 0 Å². The molecular formula is C9H16N4O5. The summed E-state index contributed by atoms with van der Waals surface area (Å²) in [5, 5.41) is 12.9. The second-order valence-corrected chi connectivity index (χ2v) is 3.56. The molecule has 0 rings (SSSR count). The molecule has 0 aromatic carbocycles. The second-order valence-electron chi connectivity index (χ2n) is 3.56. The molecule has 0 spiro atoms. The van der Waals surface area contributed by atoms with E-state index in [1.54, 1.807) is 0 Å². The zero-order chi connectivity index (χ0) is 14.3. The monoisotopic (exact) mass is 260 g/mol. The summed E-state index contributed by atoms with van der Waals surface area (Å²) in [6.07, 6.45) is -0.441. The lowest BCUT2D eigenvalue weighted by Crippen LogP contribution is -2.53. The number of carboxylic acids is 1. The minimum Gasteiger partial charge on any atom is -0.480 e. The van der Waals surface area contributed by atoms with Crippen molar-refractivity contribution in [3.8, 4) is 0 Å². The van der Waals surface area contributed by atoms with Gasteiger partial charge >= 0.3 is 5.97 Å². The SMILES string of the molecule is CC(NC(=O)C(CC(N)=O)NC(=O)CN)C(=O)O. The lowest BCUT2D eigenvalue weighted by Gasteiger charge is -2.18. The van der Waals surface area contributed by atoms with Gasteiger partial charge in [0.25, 0.3) is 0 Å². The molecule has 0 aromatic rings. The van der Waals surface area contributed by atoms with Crippen LogP contribution < -0.4 is 22.1 Å². The number of amides is 3. The highest BCUT2D eigenvalue weighted by Gasteiger charge is 2.25. The highest BCUT2D eigenvalue weighted by molar-refractivity contribution is 5.93. The Morgan fingerprint density at radius 3 is 2.17 bits per heavy atom. The van der Waals surface area contributed by atoms with E-state index in [9.17, 15) is 19.2 Å². The maximum atomic E-state index is 11.6. The molecule has 0 heterocycles. The second kappa shape index (κ2) is 7.22. The van der Waals surface area contributed by atoms with Gasteiger partial charge in [-0.3, -0.25) is 19.2 Å². The van der Waals surface area contributed by atoms with Crippen LogP contribution in [0.3, 0.4) is 0 Å². The number of primary amides is 1. The number of hydrogen-bond donors (Lipinski definition) is 5. The Balaban J connectivity index is 4.63. The third-order valence-electron chi connectivity index (χ3n) is 1.97. The fourth-order valence-electron chi connectivity index (χ4n) is 1.04. The van der Waals surface area contributed by atoms with Crippen LogP contribution in [0.5, 0.6) is 0 Å². The van der Waals surface area contributed by atoms with Gasteiger partial charge in [-0.2, -0.15) is 0 Å². The fourth-order valence-corrected chi connectivity index (χ4v) is 1.04. The van der Waals surface area contributed by atoms with Gasteiger partial charge in [0, 0.05) is 0 Å². The first kappa shape index (κ1) is 15.8. The predicted octanol–water partition coefficient (Wildman–Crippen LogP) is -3.11. The molecule has 7 N–H and O–H groups in total. The maximum absolute atomic E-state index is 11.6. The Labute approximate surface area is 103 Å². The van der Waals surface area contributed by atoms with Crippen molar-refractivity contribution in [3.05, 3.63) is 0 Å². The Hall–Kier alpha value is -2.16. The highest BCUT2D eigenvalue weighted by atomic mass is 16.4. The summed E-state index contributed by atoms with van der Waals surface area (Å²) in [5.41, 5.74) is 9.97. The Bertz CT molecular complexity index is 357. The summed E-state index contributed by atoms with van der Waals surface area (Å²) in [6, 6.07) is -2.39. The van der Waals surface area contributed by atoms with E-state index in [1.807, 2.05) is 0 Å². The summed E-state index contributed by atoms with van der Waals surface area (Å²) in [7, 11) is 0. The minimum absolute atomic E-state index is 0.364. The van der Waals surface area contributed by atoms with Gasteiger partial charge in [0.1, 0.15) is 12.1 Å². The van der Waals surface area contributed by atoms with E-state index in [0.29, 0.717) is 0 Å². The smallest absolute Gasteiger partial charge is 0.325 e. The van der Waals surface area contributed by atoms with Crippen molar-refractivity contribution < 1.29 is 24.3 Å². The number of hydrogen-bond acceptors (Lipinski definition) is 5. The molecule has 0 aliphatic heterocycles. The van der Waals surface area contributed by atoms with Gasteiger partial charge < -0.3 is 27.2 Å². The molecule has 0 aliphatic carbocycles. The molecule has 2 atom stereocenters. The number of carbonyl (C=O) groups is 4. The Morgan fingerprint density at radius 1 is 1.22 bits per heavy atom. The molecule has 0 radical (unpaired) electrons. The fraction of sp³-hybridized carbons (Fsp3) is 0.556. The number of nitrogens with one attached hydrogen (secondary N) is 2.